The van der Waals surface area contributed by atoms with Crippen molar-refractivity contribution >= 4 is 22.0 Å². The van der Waals surface area contributed by atoms with Gasteiger partial charge in [0, 0.05) is 16.1 Å². The van der Waals surface area contributed by atoms with E-state index >= 15 is 0 Å². The van der Waals surface area contributed by atoms with Gasteiger partial charge in [0.1, 0.15) is 0 Å². The van der Waals surface area contributed by atoms with E-state index in [9.17, 15) is 9.59 Å². The normalized spacial score (nSPS) is 10.2. The van der Waals surface area contributed by atoms with Crippen LogP contribution in [0, 0.1) is 0 Å². The molecule has 0 atom stereocenters. The van der Waals surface area contributed by atoms with Crippen LogP contribution in [-0.4, -0.2) is 22.5 Å². The molecule has 1 aromatic carbocycles. The minimum Gasteiger partial charge on any atom is -0.448 e. The molecule has 2 aromatic rings. The van der Waals surface area contributed by atoms with E-state index in [2.05, 4.69) is 21.0 Å². The van der Waals surface area contributed by atoms with E-state index in [-0.39, 0.29) is 6.61 Å². The summed E-state index contributed by atoms with van der Waals surface area (Å²) in [5.41, 5.74) is 0.804. The molecule has 1 heterocycles. The van der Waals surface area contributed by atoms with Crippen molar-refractivity contribution in [1.29, 1.82) is 0 Å². The van der Waals surface area contributed by atoms with Crippen molar-refractivity contribution in [3.05, 3.63) is 51.2 Å². The summed E-state index contributed by atoms with van der Waals surface area (Å²) >= 11 is 3.36. The van der Waals surface area contributed by atoms with Gasteiger partial charge in [0.05, 0.1) is 12.3 Å². The molecule has 0 fully saturated rings. The third-order valence-corrected chi connectivity index (χ3v) is 2.85. The van der Waals surface area contributed by atoms with Crippen LogP contribution in [0.3, 0.4) is 0 Å². The number of aromatic nitrogens is 2. The molecular formula is C13H11BrN2O3. The van der Waals surface area contributed by atoms with Gasteiger partial charge in [0.25, 0.3) is 5.56 Å². The van der Waals surface area contributed by atoms with Crippen molar-refractivity contribution in [1.82, 2.24) is 9.78 Å². The van der Waals surface area contributed by atoms with Gasteiger partial charge in [-0.25, -0.2) is 4.79 Å². The summed E-state index contributed by atoms with van der Waals surface area (Å²) < 4.78 is 6.39. The first-order valence-electron chi connectivity index (χ1n) is 5.65. The van der Waals surface area contributed by atoms with Crippen LogP contribution >= 0.6 is 15.9 Å². The lowest BCUT2D eigenvalue weighted by Gasteiger charge is -2.06. The fourth-order valence-corrected chi connectivity index (χ4v) is 1.93. The topological polar surface area (TPSA) is 61.2 Å². The van der Waals surface area contributed by atoms with Gasteiger partial charge in [-0.1, -0.05) is 28.1 Å². The lowest BCUT2D eigenvalue weighted by atomic mass is 10.1. The summed E-state index contributed by atoms with van der Waals surface area (Å²) in [6, 6.07) is 10.3. The number of halogens is 1. The predicted molar refractivity (Wildman–Crippen MR) is 74.1 cm³/mol. The predicted octanol–water partition coefficient (Wildman–Crippen LogP) is 2.68. The van der Waals surface area contributed by atoms with Crippen LogP contribution in [0.15, 0.2) is 45.7 Å². The molecule has 98 valence electrons. The number of carbonyl (C=O) groups is 1. The van der Waals surface area contributed by atoms with Crippen molar-refractivity contribution < 1.29 is 9.53 Å². The van der Waals surface area contributed by atoms with Gasteiger partial charge in [0.2, 0.25) is 0 Å². The molecule has 0 saturated heterocycles. The van der Waals surface area contributed by atoms with Crippen LogP contribution in [0.5, 0.6) is 0 Å². The minimum absolute atomic E-state index is 0.189. The van der Waals surface area contributed by atoms with E-state index in [0.29, 0.717) is 5.69 Å². The summed E-state index contributed by atoms with van der Waals surface area (Å²) in [5, 5.41) is 4.01. The zero-order chi connectivity index (χ0) is 13.8. The summed E-state index contributed by atoms with van der Waals surface area (Å²) in [4.78, 5) is 23.2. The maximum Gasteiger partial charge on any atom is 0.438 e. The van der Waals surface area contributed by atoms with Gasteiger partial charge in [-0.15, -0.1) is 4.68 Å². The van der Waals surface area contributed by atoms with E-state index < -0.39 is 11.7 Å². The molecule has 0 bridgehead atoms. The van der Waals surface area contributed by atoms with Gasteiger partial charge in [-0.2, -0.15) is 5.10 Å². The van der Waals surface area contributed by atoms with E-state index in [1.54, 1.807) is 13.0 Å². The van der Waals surface area contributed by atoms with Crippen molar-refractivity contribution in [2.24, 2.45) is 0 Å². The van der Waals surface area contributed by atoms with E-state index in [4.69, 9.17) is 4.74 Å². The van der Waals surface area contributed by atoms with E-state index in [0.717, 1.165) is 14.7 Å². The second-order valence-electron chi connectivity index (χ2n) is 3.68. The van der Waals surface area contributed by atoms with Crippen molar-refractivity contribution in [2.45, 2.75) is 6.92 Å². The first-order valence-corrected chi connectivity index (χ1v) is 6.44. The van der Waals surface area contributed by atoms with Crippen molar-refractivity contribution in [2.75, 3.05) is 6.61 Å². The molecule has 5 nitrogen and oxygen atoms in total. The largest absolute Gasteiger partial charge is 0.448 e. The highest BCUT2D eigenvalue weighted by atomic mass is 79.9. The Morgan fingerprint density at radius 3 is 2.84 bits per heavy atom. The number of hydrogen-bond acceptors (Lipinski definition) is 4. The molecule has 0 spiro atoms. The Balaban J connectivity index is 2.47. The number of rotatable bonds is 2. The number of hydrogen-bond donors (Lipinski definition) is 0. The number of benzene rings is 1. The molecule has 0 amide bonds. The highest BCUT2D eigenvalue weighted by molar-refractivity contribution is 9.10. The van der Waals surface area contributed by atoms with E-state index in [1.165, 1.54) is 6.07 Å². The molecule has 1 aromatic heterocycles. The smallest absolute Gasteiger partial charge is 0.438 e. The van der Waals surface area contributed by atoms with Crippen LogP contribution in [0.2, 0.25) is 0 Å². The van der Waals surface area contributed by atoms with Crippen LogP contribution in [0.1, 0.15) is 6.92 Å². The Morgan fingerprint density at radius 1 is 1.37 bits per heavy atom. The number of carbonyl (C=O) groups excluding carboxylic acids is 1. The number of ether oxygens (including phenoxy) is 1. The first kappa shape index (κ1) is 13.5. The Bertz CT molecular complexity index is 667. The van der Waals surface area contributed by atoms with Crippen LogP contribution < -0.4 is 5.56 Å². The van der Waals surface area contributed by atoms with Gasteiger partial charge in [-0.3, -0.25) is 4.79 Å². The zero-order valence-electron chi connectivity index (χ0n) is 10.2. The molecule has 19 heavy (non-hydrogen) atoms. The highest BCUT2D eigenvalue weighted by Crippen LogP contribution is 2.20. The Hall–Kier alpha value is -1.95. The molecule has 0 aliphatic rings. The van der Waals surface area contributed by atoms with E-state index in [1.807, 2.05) is 24.3 Å². The van der Waals surface area contributed by atoms with Crippen LogP contribution in [0.25, 0.3) is 11.3 Å². The monoisotopic (exact) mass is 322 g/mol. The lowest BCUT2D eigenvalue weighted by molar-refractivity contribution is 0.149. The summed E-state index contributed by atoms with van der Waals surface area (Å²) in [6.45, 7) is 1.86. The SMILES string of the molecule is CCOC(=O)n1nc(-c2cccc(Br)c2)ccc1=O. The van der Waals surface area contributed by atoms with Crippen LogP contribution in [0.4, 0.5) is 4.79 Å². The molecule has 0 saturated carbocycles. The summed E-state index contributed by atoms with van der Waals surface area (Å²) in [7, 11) is 0. The molecule has 2 rings (SSSR count). The quantitative estimate of drug-likeness (QED) is 0.852. The molecule has 6 heteroatoms. The molecule has 0 aliphatic heterocycles. The Morgan fingerprint density at radius 2 is 2.16 bits per heavy atom. The Labute approximate surface area is 118 Å². The third kappa shape index (κ3) is 3.08. The molecule has 0 radical (unpaired) electrons. The zero-order valence-corrected chi connectivity index (χ0v) is 11.8. The van der Waals surface area contributed by atoms with Crippen molar-refractivity contribution in [3.63, 3.8) is 0 Å². The molecule has 0 unspecified atom stereocenters. The average Bonchev–Trinajstić information content (AvgIpc) is 2.39. The Kier molecular flexibility index (Phi) is 4.11. The maximum absolute atomic E-state index is 11.6. The summed E-state index contributed by atoms with van der Waals surface area (Å²) in [5.74, 6) is 0. The standard InChI is InChI=1S/C13H11BrN2O3/c1-2-19-13(18)16-12(17)7-6-11(15-16)9-4-3-5-10(14)8-9/h3-8H,2H2,1H3. The van der Waals surface area contributed by atoms with Gasteiger partial charge in [0.15, 0.2) is 0 Å². The fourth-order valence-electron chi connectivity index (χ4n) is 1.53. The van der Waals surface area contributed by atoms with Crippen molar-refractivity contribution in [3.8, 4) is 11.3 Å². The second-order valence-corrected chi connectivity index (χ2v) is 4.59. The minimum atomic E-state index is -0.774. The third-order valence-electron chi connectivity index (χ3n) is 2.36. The molecular weight excluding hydrogens is 312 g/mol. The highest BCUT2D eigenvalue weighted by Gasteiger charge is 2.11. The summed E-state index contributed by atoms with van der Waals surface area (Å²) in [6.07, 6.45) is -0.774. The molecule has 0 N–H and O–H groups in total. The number of nitrogens with zero attached hydrogens (tertiary/aromatic N) is 2. The van der Waals surface area contributed by atoms with Gasteiger partial charge in [-0.05, 0) is 25.1 Å². The van der Waals surface area contributed by atoms with Gasteiger partial charge < -0.3 is 4.74 Å². The fraction of sp³-hybridized carbons (Fsp3) is 0.154. The molecule has 0 aliphatic carbocycles. The van der Waals surface area contributed by atoms with Gasteiger partial charge >= 0.3 is 6.09 Å². The van der Waals surface area contributed by atoms with Crippen LogP contribution in [-0.2, 0) is 4.74 Å². The maximum atomic E-state index is 11.6. The first-order chi connectivity index (χ1) is 9.11. The average molecular weight is 323 g/mol. The lowest BCUT2D eigenvalue weighted by Crippen LogP contribution is -2.29. The second kappa shape index (κ2) is 5.79.